The van der Waals surface area contributed by atoms with Crippen molar-refractivity contribution in [1.29, 1.82) is 0 Å². The van der Waals surface area contributed by atoms with Crippen LogP contribution in [0.25, 0.3) is 10.1 Å². The van der Waals surface area contributed by atoms with Gasteiger partial charge in [-0.2, -0.15) is 0 Å². The van der Waals surface area contributed by atoms with Gasteiger partial charge in [-0.05, 0) is 23.9 Å². The molecule has 2 heterocycles. The zero-order valence-electron chi connectivity index (χ0n) is 9.64. The van der Waals surface area contributed by atoms with E-state index in [0.29, 0.717) is 5.13 Å². The van der Waals surface area contributed by atoms with Crippen LogP contribution in [0.3, 0.4) is 0 Å². The monoisotopic (exact) mass is 274 g/mol. The van der Waals surface area contributed by atoms with Gasteiger partial charge in [0, 0.05) is 16.3 Å². The van der Waals surface area contributed by atoms with Crippen molar-refractivity contribution in [2.24, 2.45) is 0 Å². The molecule has 1 amide bonds. The van der Waals surface area contributed by atoms with Gasteiger partial charge in [-0.1, -0.05) is 18.2 Å². The number of hydrogen-bond donors (Lipinski definition) is 1. The molecule has 18 heavy (non-hydrogen) atoms. The average Bonchev–Trinajstić information content (AvgIpc) is 2.98. The van der Waals surface area contributed by atoms with Gasteiger partial charge in [0.05, 0.1) is 4.88 Å². The highest BCUT2D eigenvalue weighted by molar-refractivity contribution is 7.21. The van der Waals surface area contributed by atoms with Crippen molar-refractivity contribution in [2.45, 2.75) is 6.92 Å². The second-order valence-corrected chi connectivity index (χ2v) is 5.79. The molecule has 0 fully saturated rings. The fourth-order valence-corrected chi connectivity index (χ4v) is 3.46. The zero-order valence-corrected chi connectivity index (χ0v) is 11.3. The Morgan fingerprint density at radius 3 is 2.89 bits per heavy atom. The van der Waals surface area contributed by atoms with E-state index < -0.39 is 0 Å². The van der Waals surface area contributed by atoms with Crippen molar-refractivity contribution >= 4 is 43.8 Å². The number of thiophene rings is 1. The van der Waals surface area contributed by atoms with Crippen LogP contribution in [0.1, 0.15) is 15.2 Å². The van der Waals surface area contributed by atoms with Crippen molar-refractivity contribution in [3.63, 3.8) is 0 Å². The first-order valence-electron chi connectivity index (χ1n) is 5.44. The SMILES string of the molecule is Cc1c(C(=O)Nc2nccs2)sc2ccccc12. The molecule has 0 aliphatic carbocycles. The summed E-state index contributed by atoms with van der Waals surface area (Å²) in [5.41, 5.74) is 1.03. The van der Waals surface area contributed by atoms with Crippen molar-refractivity contribution in [3.8, 4) is 0 Å². The maximum atomic E-state index is 12.2. The lowest BCUT2D eigenvalue weighted by atomic mass is 10.1. The Bertz CT molecular complexity index is 701. The summed E-state index contributed by atoms with van der Waals surface area (Å²) in [6.45, 7) is 1.98. The Labute approximate surface area is 112 Å². The molecule has 90 valence electrons. The molecule has 3 rings (SSSR count). The third kappa shape index (κ3) is 1.91. The minimum atomic E-state index is -0.0800. The highest BCUT2D eigenvalue weighted by atomic mass is 32.1. The van der Waals surface area contributed by atoms with E-state index in [0.717, 1.165) is 20.5 Å². The first kappa shape index (κ1) is 11.4. The second kappa shape index (κ2) is 4.51. The first-order valence-corrected chi connectivity index (χ1v) is 7.14. The van der Waals surface area contributed by atoms with Crippen LogP contribution in [0.4, 0.5) is 5.13 Å². The number of anilines is 1. The summed E-state index contributed by atoms with van der Waals surface area (Å²) in [4.78, 5) is 17.0. The fourth-order valence-electron chi connectivity index (χ4n) is 1.83. The second-order valence-electron chi connectivity index (χ2n) is 3.84. The third-order valence-electron chi connectivity index (χ3n) is 2.70. The van der Waals surface area contributed by atoms with Gasteiger partial charge < -0.3 is 0 Å². The molecule has 0 spiro atoms. The Morgan fingerprint density at radius 2 is 2.17 bits per heavy atom. The van der Waals surface area contributed by atoms with E-state index in [9.17, 15) is 4.79 Å². The molecule has 2 aromatic heterocycles. The van der Waals surface area contributed by atoms with E-state index in [1.165, 1.54) is 22.7 Å². The minimum Gasteiger partial charge on any atom is -0.297 e. The summed E-state index contributed by atoms with van der Waals surface area (Å²) < 4.78 is 1.14. The normalized spacial score (nSPS) is 10.7. The predicted octanol–water partition coefficient (Wildman–Crippen LogP) is 3.92. The van der Waals surface area contributed by atoms with Crippen LogP contribution in [0.5, 0.6) is 0 Å². The first-order chi connectivity index (χ1) is 8.75. The van der Waals surface area contributed by atoms with Gasteiger partial charge in [0.15, 0.2) is 5.13 Å². The van der Waals surface area contributed by atoms with Gasteiger partial charge in [0.2, 0.25) is 0 Å². The molecule has 3 aromatic rings. The molecule has 5 heteroatoms. The molecule has 0 saturated heterocycles. The number of nitrogens with one attached hydrogen (secondary N) is 1. The highest BCUT2D eigenvalue weighted by Crippen LogP contribution is 2.31. The average molecular weight is 274 g/mol. The van der Waals surface area contributed by atoms with Gasteiger partial charge in [0.1, 0.15) is 0 Å². The van der Waals surface area contributed by atoms with Crippen LogP contribution in [0, 0.1) is 6.92 Å². The highest BCUT2D eigenvalue weighted by Gasteiger charge is 2.15. The van der Waals surface area contributed by atoms with Crippen molar-refractivity contribution < 1.29 is 4.79 Å². The number of carbonyl (C=O) groups is 1. The minimum absolute atomic E-state index is 0.0800. The summed E-state index contributed by atoms with van der Waals surface area (Å²) in [5, 5.41) is 6.44. The van der Waals surface area contributed by atoms with Crippen molar-refractivity contribution in [1.82, 2.24) is 4.98 Å². The summed E-state index contributed by atoms with van der Waals surface area (Å²) in [5.74, 6) is -0.0800. The van der Waals surface area contributed by atoms with Crippen LogP contribution in [0.15, 0.2) is 35.8 Å². The largest absolute Gasteiger partial charge is 0.297 e. The number of carbonyl (C=O) groups excluding carboxylic acids is 1. The van der Waals surface area contributed by atoms with Gasteiger partial charge in [-0.3, -0.25) is 10.1 Å². The lowest BCUT2D eigenvalue weighted by molar-refractivity contribution is 0.103. The molecule has 1 aromatic carbocycles. The van der Waals surface area contributed by atoms with Crippen LogP contribution in [-0.4, -0.2) is 10.9 Å². The Kier molecular flexibility index (Phi) is 2.85. The molecule has 0 bridgehead atoms. The molecular formula is C13H10N2OS2. The Balaban J connectivity index is 1.99. The van der Waals surface area contributed by atoms with Gasteiger partial charge in [-0.15, -0.1) is 22.7 Å². The lowest BCUT2D eigenvalue weighted by Crippen LogP contribution is -2.10. The van der Waals surface area contributed by atoms with E-state index in [-0.39, 0.29) is 5.91 Å². The molecule has 0 atom stereocenters. The summed E-state index contributed by atoms with van der Waals surface area (Å²) in [7, 11) is 0. The van der Waals surface area contributed by atoms with Crippen LogP contribution >= 0.6 is 22.7 Å². The third-order valence-corrected chi connectivity index (χ3v) is 4.66. The molecule has 1 N–H and O–H groups in total. The number of thiazole rings is 1. The number of nitrogens with zero attached hydrogens (tertiary/aromatic N) is 1. The van der Waals surface area contributed by atoms with Gasteiger partial charge in [0.25, 0.3) is 5.91 Å². The molecule has 0 aliphatic heterocycles. The molecular weight excluding hydrogens is 264 g/mol. The van der Waals surface area contributed by atoms with Crippen LogP contribution in [-0.2, 0) is 0 Å². The van der Waals surface area contributed by atoms with Crippen LogP contribution < -0.4 is 5.32 Å². The number of benzene rings is 1. The number of hydrogen-bond acceptors (Lipinski definition) is 4. The van der Waals surface area contributed by atoms with E-state index >= 15 is 0 Å². The Hall–Kier alpha value is -1.72. The summed E-state index contributed by atoms with van der Waals surface area (Å²) >= 11 is 2.94. The topological polar surface area (TPSA) is 42.0 Å². The Morgan fingerprint density at radius 1 is 1.33 bits per heavy atom. The maximum absolute atomic E-state index is 12.2. The van der Waals surface area contributed by atoms with Gasteiger partial charge in [-0.25, -0.2) is 4.98 Å². The number of fused-ring (bicyclic) bond motifs is 1. The number of aromatic nitrogens is 1. The molecule has 0 saturated carbocycles. The predicted molar refractivity (Wildman–Crippen MR) is 76.6 cm³/mol. The number of rotatable bonds is 2. The van der Waals surface area contributed by atoms with E-state index in [2.05, 4.69) is 10.3 Å². The summed E-state index contributed by atoms with van der Waals surface area (Å²) in [6, 6.07) is 8.06. The fraction of sp³-hybridized carbons (Fsp3) is 0.0769. The molecule has 0 aliphatic rings. The zero-order chi connectivity index (χ0) is 12.5. The van der Waals surface area contributed by atoms with Crippen LogP contribution in [0.2, 0.25) is 0 Å². The van der Waals surface area contributed by atoms with E-state index in [1.807, 2.05) is 36.6 Å². The number of aryl methyl sites for hydroxylation is 1. The van der Waals surface area contributed by atoms with E-state index in [4.69, 9.17) is 0 Å². The quantitative estimate of drug-likeness (QED) is 0.769. The molecule has 0 unspecified atom stereocenters. The summed E-state index contributed by atoms with van der Waals surface area (Å²) in [6.07, 6.45) is 1.68. The number of amides is 1. The standard InChI is InChI=1S/C13H10N2OS2/c1-8-9-4-2-3-5-10(9)18-11(8)12(16)15-13-14-6-7-17-13/h2-7H,1H3,(H,14,15,16). The molecule has 0 radical (unpaired) electrons. The lowest BCUT2D eigenvalue weighted by Gasteiger charge is -1.99. The molecule has 3 nitrogen and oxygen atoms in total. The maximum Gasteiger partial charge on any atom is 0.267 e. The van der Waals surface area contributed by atoms with Crippen molar-refractivity contribution in [3.05, 3.63) is 46.3 Å². The van der Waals surface area contributed by atoms with Gasteiger partial charge >= 0.3 is 0 Å². The van der Waals surface area contributed by atoms with E-state index in [1.54, 1.807) is 6.20 Å². The smallest absolute Gasteiger partial charge is 0.267 e. The van der Waals surface area contributed by atoms with Crippen molar-refractivity contribution in [2.75, 3.05) is 5.32 Å².